The van der Waals surface area contributed by atoms with E-state index in [1.165, 1.54) is 5.56 Å². The van der Waals surface area contributed by atoms with Crippen LogP contribution in [0.2, 0.25) is 0 Å². The summed E-state index contributed by atoms with van der Waals surface area (Å²) < 4.78 is 15.8. The van der Waals surface area contributed by atoms with Gasteiger partial charge in [0, 0.05) is 7.11 Å². The molecular formula is C13H21NO3. The highest BCUT2D eigenvalue weighted by atomic mass is 16.5. The van der Waals surface area contributed by atoms with Gasteiger partial charge in [0.2, 0.25) is 0 Å². The van der Waals surface area contributed by atoms with E-state index in [4.69, 9.17) is 19.9 Å². The molecule has 0 fully saturated rings. The smallest absolute Gasteiger partial charge is 0.161 e. The van der Waals surface area contributed by atoms with E-state index in [0.717, 1.165) is 24.3 Å². The largest absolute Gasteiger partial charge is 0.493 e. The highest BCUT2D eigenvalue weighted by molar-refractivity contribution is 5.43. The van der Waals surface area contributed by atoms with Crippen LogP contribution in [0.5, 0.6) is 11.5 Å². The molecule has 1 aromatic carbocycles. The summed E-state index contributed by atoms with van der Waals surface area (Å²) in [6.45, 7) is 1.79. The third-order valence-corrected chi connectivity index (χ3v) is 2.44. The fourth-order valence-electron chi connectivity index (χ4n) is 1.53. The number of hydrogen-bond acceptors (Lipinski definition) is 4. The Morgan fingerprint density at radius 3 is 2.59 bits per heavy atom. The molecule has 0 atom stereocenters. The van der Waals surface area contributed by atoms with Crippen LogP contribution < -0.4 is 15.2 Å². The lowest BCUT2D eigenvalue weighted by atomic mass is 10.1. The van der Waals surface area contributed by atoms with E-state index in [0.29, 0.717) is 19.8 Å². The van der Waals surface area contributed by atoms with E-state index in [2.05, 4.69) is 0 Å². The fourth-order valence-corrected chi connectivity index (χ4v) is 1.53. The minimum Gasteiger partial charge on any atom is -0.493 e. The normalized spacial score (nSPS) is 10.3. The second kappa shape index (κ2) is 7.92. The SMILES string of the molecule is COCCOc1ccc(CCCN)cc1OC. The van der Waals surface area contributed by atoms with Crippen LogP contribution in [-0.2, 0) is 11.2 Å². The average Bonchev–Trinajstić information content (AvgIpc) is 2.37. The number of nitrogens with two attached hydrogens (primary N) is 1. The van der Waals surface area contributed by atoms with Crippen molar-refractivity contribution in [2.24, 2.45) is 5.73 Å². The van der Waals surface area contributed by atoms with Gasteiger partial charge in [-0.2, -0.15) is 0 Å². The molecule has 96 valence electrons. The number of ether oxygens (including phenoxy) is 3. The van der Waals surface area contributed by atoms with Crippen LogP contribution in [0.3, 0.4) is 0 Å². The van der Waals surface area contributed by atoms with Crippen molar-refractivity contribution in [3.05, 3.63) is 23.8 Å². The fraction of sp³-hybridized carbons (Fsp3) is 0.538. The van der Waals surface area contributed by atoms with Gasteiger partial charge < -0.3 is 19.9 Å². The van der Waals surface area contributed by atoms with Crippen molar-refractivity contribution in [2.45, 2.75) is 12.8 Å². The van der Waals surface area contributed by atoms with Crippen molar-refractivity contribution >= 4 is 0 Å². The zero-order chi connectivity index (χ0) is 12.5. The number of rotatable bonds is 8. The molecule has 0 radical (unpaired) electrons. The quantitative estimate of drug-likeness (QED) is 0.700. The standard InChI is InChI=1S/C13H21NO3/c1-15-8-9-17-12-6-5-11(4-3-7-14)10-13(12)16-2/h5-6,10H,3-4,7-9,14H2,1-2H3. The van der Waals surface area contributed by atoms with Gasteiger partial charge >= 0.3 is 0 Å². The lowest BCUT2D eigenvalue weighted by molar-refractivity contribution is 0.144. The third kappa shape index (κ3) is 4.63. The summed E-state index contributed by atoms with van der Waals surface area (Å²) in [7, 11) is 3.29. The van der Waals surface area contributed by atoms with Crippen LogP contribution in [0.1, 0.15) is 12.0 Å². The Bertz CT molecular complexity index is 328. The Balaban J connectivity index is 2.64. The molecule has 0 aromatic heterocycles. The molecule has 0 heterocycles. The molecule has 1 aromatic rings. The summed E-state index contributed by atoms with van der Waals surface area (Å²) >= 11 is 0. The van der Waals surface area contributed by atoms with Gasteiger partial charge in [-0.15, -0.1) is 0 Å². The first kappa shape index (κ1) is 13.8. The van der Waals surface area contributed by atoms with Crippen LogP contribution in [0.15, 0.2) is 18.2 Å². The molecule has 17 heavy (non-hydrogen) atoms. The maximum absolute atomic E-state index is 5.55. The van der Waals surface area contributed by atoms with E-state index in [-0.39, 0.29) is 0 Å². The zero-order valence-corrected chi connectivity index (χ0v) is 10.6. The first-order valence-electron chi connectivity index (χ1n) is 5.80. The lowest BCUT2D eigenvalue weighted by Crippen LogP contribution is -2.05. The Labute approximate surface area is 103 Å². The van der Waals surface area contributed by atoms with Crippen molar-refractivity contribution < 1.29 is 14.2 Å². The molecule has 0 amide bonds. The summed E-state index contributed by atoms with van der Waals surface area (Å²) in [6, 6.07) is 5.97. The average molecular weight is 239 g/mol. The van der Waals surface area contributed by atoms with Gasteiger partial charge in [-0.25, -0.2) is 0 Å². The van der Waals surface area contributed by atoms with Crippen LogP contribution in [0.4, 0.5) is 0 Å². The van der Waals surface area contributed by atoms with Gasteiger partial charge in [0.1, 0.15) is 6.61 Å². The minimum absolute atomic E-state index is 0.523. The highest BCUT2D eigenvalue weighted by Gasteiger charge is 2.05. The van der Waals surface area contributed by atoms with Crippen LogP contribution in [0.25, 0.3) is 0 Å². The minimum atomic E-state index is 0.523. The second-order valence-corrected chi connectivity index (χ2v) is 3.72. The Morgan fingerprint density at radius 2 is 1.94 bits per heavy atom. The molecule has 0 saturated carbocycles. The summed E-state index contributed by atoms with van der Waals surface area (Å²) in [4.78, 5) is 0. The molecular weight excluding hydrogens is 218 g/mol. The Kier molecular flexibility index (Phi) is 6.43. The van der Waals surface area contributed by atoms with Crippen molar-refractivity contribution in [3.63, 3.8) is 0 Å². The van der Waals surface area contributed by atoms with E-state index in [1.807, 2.05) is 18.2 Å². The monoisotopic (exact) mass is 239 g/mol. The van der Waals surface area contributed by atoms with E-state index >= 15 is 0 Å². The van der Waals surface area contributed by atoms with Gasteiger partial charge in [-0.3, -0.25) is 0 Å². The van der Waals surface area contributed by atoms with Crippen LogP contribution in [0, 0.1) is 0 Å². The Hall–Kier alpha value is -1.26. The van der Waals surface area contributed by atoms with Crippen molar-refractivity contribution in [1.82, 2.24) is 0 Å². The molecule has 2 N–H and O–H groups in total. The first-order valence-corrected chi connectivity index (χ1v) is 5.80. The molecule has 0 aliphatic carbocycles. The molecule has 0 aliphatic rings. The lowest BCUT2D eigenvalue weighted by Gasteiger charge is -2.11. The van der Waals surface area contributed by atoms with Crippen molar-refractivity contribution in [1.29, 1.82) is 0 Å². The molecule has 0 unspecified atom stereocenters. The van der Waals surface area contributed by atoms with Gasteiger partial charge in [-0.05, 0) is 37.1 Å². The molecule has 1 rings (SSSR count). The second-order valence-electron chi connectivity index (χ2n) is 3.72. The van der Waals surface area contributed by atoms with Crippen molar-refractivity contribution in [3.8, 4) is 11.5 Å². The molecule has 0 bridgehead atoms. The first-order chi connectivity index (χ1) is 8.31. The summed E-state index contributed by atoms with van der Waals surface area (Å²) in [5, 5.41) is 0. The molecule has 4 heteroatoms. The summed E-state index contributed by atoms with van der Waals surface area (Å²) in [5.74, 6) is 1.51. The number of hydrogen-bond donors (Lipinski definition) is 1. The van der Waals surface area contributed by atoms with Crippen molar-refractivity contribution in [2.75, 3.05) is 34.0 Å². The van der Waals surface area contributed by atoms with Crippen LogP contribution in [-0.4, -0.2) is 34.0 Å². The van der Waals surface area contributed by atoms with E-state index < -0.39 is 0 Å². The molecule has 0 saturated heterocycles. The van der Waals surface area contributed by atoms with Crippen LogP contribution >= 0.6 is 0 Å². The topological polar surface area (TPSA) is 53.7 Å². The molecule has 4 nitrogen and oxygen atoms in total. The van der Waals surface area contributed by atoms with Gasteiger partial charge in [-0.1, -0.05) is 6.07 Å². The van der Waals surface area contributed by atoms with Gasteiger partial charge in [0.25, 0.3) is 0 Å². The zero-order valence-electron chi connectivity index (χ0n) is 10.6. The molecule has 0 aliphatic heterocycles. The van der Waals surface area contributed by atoms with Gasteiger partial charge in [0.05, 0.1) is 13.7 Å². The predicted molar refractivity (Wildman–Crippen MR) is 67.7 cm³/mol. The third-order valence-electron chi connectivity index (χ3n) is 2.44. The van der Waals surface area contributed by atoms with Gasteiger partial charge in [0.15, 0.2) is 11.5 Å². The Morgan fingerprint density at radius 1 is 1.12 bits per heavy atom. The highest BCUT2D eigenvalue weighted by Crippen LogP contribution is 2.28. The number of methoxy groups -OCH3 is 2. The molecule has 0 spiro atoms. The maximum Gasteiger partial charge on any atom is 0.161 e. The van der Waals surface area contributed by atoms with E-state index in [1.54, 1.807) is 14.2 Å². The summed E-state index contributed by atoms with van der Waals surface area (Å²) in [5.41, 5.74) is 6.70. The summed E-state index contributed by atoms with van der Waals surface area (Å²) in [6.07, 6.45) is 1.94. The number of aryl methyl sites for hydroxylation is 1. The number of benzene rings is 1. The maximum atomic E-state index is 5.55. The predicted octanol–water partition coefficient (Wildman–Crippen LogP) is 1.61. The van der Waals surface area contributed by atoms with E-state index in [9.17, 15) is 0 Å².